The Labute approximate surface area is 290 Å². The van der Waals surface area contributed by atoms with E-state index in [2.05, 4.69) is 66.9 Å². The first-order chi connectivity index (χ1) is 23.5. The third-order valence-electron chi connectivity index (χ3n) is 9.72. The third-order valence-corrected chi connectivity index (χ3v) is 10.7. The van der Waals surface area contributed by atoms with Crippen molar-refractivity contribution in [2.45, 2.75) is 65.3 Å². The fraction of sp³-hybridized carbons (Fsp3) is 0.333. The Bertz CT molecular complexity index is 2060. The molecule has 252 valence electrons. The highest BCUT2D eigenvalue weighted by molar-refractivity contribution is 7.22. The van der Waals surface area contributed by atoms with Gasteiger partial charge in [-0.2, -0.15) is 0 Å². The van der Waals surface area contributed by atoms with E-state index in [0.717, 1.165) is 46.3 Å². The summed E-state index contributed by atoms with van der Waals surface area (Å²) in [5.74, 6) is -0.480. The number of nitrogens with one attached hydrogen (secondary N) is 1. The zero-order valence-electron chi connectivity index (χ0n) is 28.5. The number of fused-ring (bicyclic) bond motifs is 3. The number of carboxylic acids is 1. The summed E-state index contributed by atoms with van der Waals surface area (Å²) in [4.78, 5) is 39.2. The lowest BCUT2D eigenvalue weighted by Crippen LogP contribution is -2.50. The van der Waals surface area contributed by atoms with Crippen molar-refractivity contribution in [2.75, 3.05) is 34.8 Å². The van der Waals surface area contributed by atoms with Crippen LogP contribution in [0.3, 0.4) is 0 Å². The van der Waals surface area contributed by atoms with Crippen LogP contribution in [0.1, 0.15) is 72.3 Å². The molecule has 10 heteroatoms. The van der Waals surface area contributed by atoms with Gasteiger partial charge in [0.15, 0.2) is 16.6 Å². The molecule has 1 atom stereocenters. The topological polar surface area (TPSA) is 108 Å². The van der Waals surface area contributed by atoms with Gasteiger partial charge in [-0.3, -0.25) is 10.2 Å². The van der Waals surface area contributed by atoms with Crippen LogP contribution < -0.4 is 19.9 Å². The molecule has 2 amide bonds. The van der Waals surface area contributed by atoms with Gasteiger partial charge in [-0.25, -0.2) is 19.6 Å². The monoisotopic (exact) mass is 675 g/mol. The number of carboxylic acid groups (broad SMARTS) is 1. The minimum Gasteiger partial charge on any atom is -0.489 e. The standard InChI is InChI=1S/C39H41N5O4S/c1-23-19-24(2)34-25(3)22-39(4,5)44(31(34)20-23)17-18-48-32-15-14-28(40-35(32)36(45)46)27-13-12-26-9-8-16-43(30(26)21-27)38(47)42-37-41-29-10-6-7-11-33(29)49-37/h6-7,10-15,19-21,25H,8-9,16-18,22H2,1-5H3,(H,45,46)(H,41,42,47). The van der Waals surface area contributed by atoms with Crippen LogP contribution in [-0.4, -0.2) is 52.3 Å². The molecule has 49 heavy (non-hydrogen) atoms. The predicted octanol–water partition coefficient (Wildman–Crippen LogP) is 8.83. The van der Waals surface area contributed by atoms with Crippen molar-refractivity contribution in [3.63, 3.8) is 0 Å². The fourth-order valence-electron chi connectivity index (χ4n) is 7.68. The summed E-state index contributed by atoms with van der Waals surface area (Å²) >= 11 is 1.44. The van der Waals surface area contributed by atoms with Gasteiger partial charge >= 0.3 is 12.0 Å². The molecule has 3 aromatic carbocycles. The maximum Gasteiger partial charge on any atom is 0.358 e. The van der Waals surface area contributed by atoms with Gasteiger partial charge in [0.25, 0.3) is 0 Å². The molecule has 5 aromatic rings. The minimum absolute atomic E-state index is 0.0840. The maximum atomic E-state index is 13.5. The van der Waals surface area contributed by atoms with Crippen LogP contribution in [0, 0.1) is 13.8 Å². The van der Waals surface area contributed by atoms with Gasteiger partial charge in [-0.05, 0) is 112 Å². The summed E-state index contributed by atoms with van der Waals surface area (Å²) in [6.07, 6.45) is 2.70. The van der Waals surface area contributed by atoms with Crippen LogP contribution in [0.5, 0.6) is 5.75 Å². The lowest BCUT2D eigenvalue weighted by Gasteiger charge is -2.48. The molecule has 0 saturated carbocycles. The highest BCUT2D eigenvalue weighted by Gasteiger charge is 2.37. The van der Waals surface area contributed by atoms with Gasteiger partial charge in [0.1, 0.15) is 6.61 Å². The number of hydrogen-bond donors (Lipinski definition) is 2. The molecule has 2 aromatic heterocycles. The number of thiazole rings is 1. The third kappa shape index (κ3) is 6.33. The number of aromatic carboxylic acids is 1. The van der Waals surface area contributed by atoms with E-state index in [0.29, 0.717) is 36.4 Å². The number of anilines is 3. The number of amides is 2. The Morgan fingerprint density at radius 2 is 1.86 bits per heavy atom. The minimum atomic E-state index is -1.16. The van der Waals surface area contributed by atoms with Crippen molar-refractivity contribution in [3.8, 4) is 17.0 Å². The summed E-state index contributed by atoms with van der Waals surface area (Å²) in [6.45, 7) is 12.6. The normalized spacial score (nSPS) is 16.6. The lowest BCUT2D eigenvalue weighted by molar-refractivity contribution is 0.0685. The average Bonchev–Trinajstić information content (AvgIpc) is 3.47. The first-order valence-electron chi connectivity index (χ1n) is 16.8. The van der Waals surface area contributed by atoms with Crippen LogP contribution in [0.2, 0.25) is 0 Å². The van der Waals surface area contributed by atoms with E-state index in [9.17, 15) is 14.7 Å². The molecule has 7 rings (SSSR count). The highest BCUT2D eigenvalue weighted by Crippen LogP contribution is 2.45. The Hall–Kier alpha value is -4.96. The largest absolute Gasteiger partial charge is 0.489 e. The average molecular weight is 676 g/mol. The molecule has 0 saturated heterocycles. The maximum absolute atomic E-state index is 13.5. The second kappa shape index (κ2) is 12.8. The Morgan fingerprint density at radius 1 is 1.04 bits per heavy atom. The van der Waals surface area contributed by atoms with Crippen molar-refractivity contribution in [1.82, 2.24) is 9.97 Å². The van der Waals surface area contributed by atoms with Crippen molar-refractivity contribution in [1.29, 1.82) is 0 Å². The molecule has 0 bridgehead atoms. The number of benzene rings is 3. The number of carbonyl (C=O) groups excluding carboxylic acids is 1. The van der Waals surface area contributed by atoms with E-state index in [1.54, 1.807) is 17.0 Å². The van der Waals surface area contributed by atoms with Crippen molar-refractivity contribution < 1.29 is 19.4 Å². The van der Waals surface area contributed by atoms with Crippen LogP contribution in [-0.2, 0) is 6.42 Å². The van der Waals surface area contributed by atoms with Crippen LogP contribution >= 0.6 is 11.3 Å². The molecule has 4 heterocycles. The fourth-order valence-corrected chi connectivity index (χ4v) is 8.54. The summed E-state index contributed by atoms with van der Waals surface area (Å²) < 4.78 is 7.16. The number of urea groups is 1. The SMILES string of the molecule is Cc1cc(C)c2c(c1)N(CCOc1ccc(-c3ccc4c(c3)N(C(=O)Nc3nc5ccccc5s3)CCC4)nc1C(=O)O)C(C)(C)CC2C. The number of pyridine rings is 1. The van der Waals surface area contributed by atoms with E-state index in [-0.39, 0.29) is 23.0 Å². The summed E-state index contributed by atoms with van der Waals surface area (Å²) in [6, 6.07) is 21.4. The summed E-state index contributed by atoms with van der Waals surface area (Å²) in [5, 5.41) is 13.7. The van der Waals surface area contributed by atoms with E-state index in [4.69, 9.17) is 4.74 Å². The zero-order valence-corrected chi connectivity index (χ0v) is 29.4. The first-order valence-corrected chi connectivity index (χ1v) is 17.6. The smallest absolute Gasteiger partial charge is 0.358 e. The van der Waals surface area contributed by atoms with Crippen LogP contribution in [0.25, 0.3) is 21.5 Å². The summed E-state index contributed by atoms with van der Waals surface area (Å²) in [7, 11) is 0. The van der Waals surface area contributed by atoms with Gasteiger partial charge < -0.3 is 14.7 Å². The molecule has 2 aliphatic heterocycles. The number of para-hydroxylation sites is 1. The molecular weight excluding hydrogens is 635 g/mol. The first kappa shape index (κ1) is 32.6. The van der Waals surface area contributed by atoms with Gasteiger partial charge in [0.2, 0.25) is 0 Å². The second-order valence-corrected chi connectivity index (χ2v) is 14.8. The second-order valence-electron chi connectivity index (χ2n) is 13.8. The highest BCUT2D eigenvalue weighted by atomic mass is 32.1. The van der Waals surface area contributed by atoms with Gasteiger partial charge in [-0.1, -0.05) is 48.6 Å². The van der Waals surface area contributed by atoms with Crippen molar-refractivity contribution in [2.24, 2.45) is 0 Å². The number of ether oxygens (including phenoxy) is 1. The number of aromatic nitrogens is 2. The van der Waals surface area contributed by atoms with E-state index >= 15 is 0 Å². The van der Waals surface area contributed by atoms with E-state index < -0.39 is 5.97 Å². The number of rotatable bonds is 7. The van der Waals surface area contributed by atoms with Crippen LogP contribution in [0.15, 0.2) is 66.7 Å². The Kier molecular flexibility index (Phi) is 8.52. The van der Waals surface area contributed by atoms with Crippen molar-refractivity contribution in [3.05, 3.63) is 94.7 Å². The lowest BCUT2D eigenvalue weighted by atomic mass is 9.78. The molecule has 0 spiro atoms. The molecule has 2 N–H and O–H groups in total. The quantitative estimate of drug-likeness (QED) is 0.178. The van der Waals surface area contributed by atoms with Gasteiger partial charge in [0.05, 0.1) is 22.5 Å². The molecule has 2 aliphatic rings. The predicted molar refractivity (Wildman–Crippen MR) is 197 cm³/mol. The number of aryl methyl sites for hydroxylation is 3. The number of hydrogen-bond acceptors (Lipinski definition) is 7. The van der Waals surface area contributed by atoms with Crippen LogP contribution in [0.4, 0.5) is 21.3 Å². The molecule has 0 radical (unpaired) electrons. The van der Waals surface area contributed by atoms with Crippen molar-refractivity contribution >= 4 is 50.1 Å². The summed E-state index contributed by atoms with van der Waals surface area (Å²) in [5.41, 5.74) is 8.80. The number of carbonyl (C=O) groups is 2. The number of nitrogens with zero attached hydrogens (tertiary/aromatic N) is 4. The molecule has 0 aliphatic carbocycles. The van der Waals surface area contributed by atoms with E-state index in [1.807, 2.05) is 42.5 Å². The van der Waals surface area contributed by atoms with Gasteiger partial charge in [0, 0.05) is 29.0 Å². The molecular formula is C39H41N5O4S. The molecule has 9 nitrogen and oxygen atoms in total. The van der Waals surface area contributed by atoms with Gasteiger partial charge in [-0.15, -0.1) is 0 Å². The molecule has 0 fully saturated rings. The molecule has 1 unspecified atom stereocenters. The van der Waals surface area contributed by atoms with E-state index in [1.165, 1.54) is 33.7 Å². The zero-order chi connectivity index (χ0) is 34.4. The Balaban J connectivity index is 1.10. The Morgan fingerprint density at radius 3 is 2.65 bits per heavy atom.